The smallest absolute Gasteiger partial charge is 0.339 e. The van der Waals surface area contributed by atoms with Crippen molar-refractivity contribution in [1.82, 2.24) is 0 Å². The van der Waals surface area contributed by atoms with Gasteiger partial charge in [-0.3, -0.25) is 0 Å². The van der Waals surface area contributed by atoms with E-state index in [1.807, 2.05) is 84.0 Å². The largest absolute Gasteiger partial charge is 0.508 e. The third-order valence-electron chi connectivity index (χ3n) is 6.27. The van der Waals surface area contributed by atoms with E-state index in [9.17, 15) is 19.8 Å². The average molecular weight is 669 g/mol. The molecule has 0 bridgehead atoms. The number of carboxylic acids is 2. The molecule has 260 valence electrons. The van der Waals surface area contributed by atoms with Gasteiger partial charge >= 0.3 is 11.9 Å². The highest BCUT2D eigenvalue weighted by Crippen LogP contribution is 2.32. The van der Waals surface area contributed by atoms with E-state index in [4.69, 9.17) is 19.7 Å². The van der Waals surface area contributed by atoms with E-state index in [0.717, 1.165) is 23.3 Å². The van der Waals surface area contributed by atoms with Crippen molar-refractivity contribution in [2.75, 3.05) is 6.61 Å². The lowest BCUT2D eigenvalue weighted by atomic mass is 10.0. The van der Waals surface area contributed by atoms with E-state index in [1.165, 1.54) is 30.3 Å². The van der Waals surface area contributed by atoms with E-state index >= 15 is 0 Å². The van der Waals surface area contributed by atoms with Gasteiger partial charge in [-0.05, 0) is 89.8 Å². The van der Waals surface area contributed by atoms with Crippen LogP contribution >= 0.6 is 0 Å². The third kappa shape index (κ3) is 13.1. The minimum absolute atomic E-state index is 0.000639. The predicted molar refractivity (Wildman–Crippen MR) is 197 cm³/mol. The highest BCUT2D eigenvalue weighted by atomic mass is 16.5. The molecule has 5 aromatic rings. The number of benzene rings is 5. The number of carboxylic acid groups (broad SMARTS) is 2. The Morgan fingerprint density at radius 2 is 1.16 bits per heavy atom. The highest BCUT2D eigenvalue weighted by molar-refractivity contribution is 5.92. The van der Waals surface area contributed by atoms with Gasteiger partial charge in [0.15, 0.2) is 0 Å². The van der Waals surface area contributed by atoms with Crippen LogP contribution in [0.5, 0.6) is 28.7 Å². The van der Waals surface area contributed by atoms with Crippen molar-refractivity contribution >= 4 is 11.9 Å². The van der Waals surface area contributed by atoms with Crippen molar-refractivity contribution in [1.29, 1.82) is 0 Å². The third-order valence-corrected chi connectivity index (χ3v) is 6.27. The monoisotopic (exact) mass is 668 g/mol. The van der Waals surface area contributed by atoms with Gasteiger partial charge in [0.25, 0.3) is 0 Å². The number of para-hydroxylation sites is 1. The van der Waals surface area contributed by atoms with Gasteiger partial charge in [0, 0.05) is 5.56 Å². The lowest BCUT2D eigenvalue weighted by Gasteiger charge is -2.11. The van der Waals surface area contributed by atoms with Crippen LogP contribution < -0.4 is 9.47 Å². The molecule has 8 nitrogen and oxygen atoms in total. The van der Waals surface area contributed by atoms with Crippen LogP contribution in [0.15, 0.2) is 115 Å². The van der Waals surface area contributed by atoms with Crippen LogP contribution in [0.2, 0.25) is 0 Å². The zero-order chi connectivity index (χ0) is 36.8. The van der Waals surface area contributed by atoms with Crippen molar-refractivity contribution in [3.8, 4) is 51.0 Å². The summed E-state index contributed by atoms with van der Waals surface area (Å²) in [5, 5.41) is 37.1. The average Bonchev–Trinajstić information content (AvgIpc) is 3.14. The maximum atomic E-state index is 11.5. The molecule has 0 fully saturated rings. The molecule has 0 aromatic heterocycles. The summed E-state index contributed by atoms with van der Waals surface area (Å²) in [7, 11) is 0. The Bertz CT molecular complexity index is 1680. The van der Waals surface area contributed by atoms with Crippen molar-refractivity contribution < 1.29 is 39.5 Å². The van der Waals surface area contributed by atoms with Crippen molar-refractivity contribution in [3.05, 3.63) is 126 Å². The van der Waals surface area contributed by atoms with Crippen molar-refractivity contribution in [2.45, 2.75) is 54.9 Å². The lowest BCUT2D eigenvalue weighted by molar-refractivity contribution is 0.0684. The fourth-order valence-corrected chi connectivity index (χ4v) is 4.08. The number of hydrogen-bond donors (Lipinski definition) is 4. The Morgan fingerprint density at radius 3 is 1.71 bits per heavy atom. The van der Waals surface area contributed by atoms with Gasteiger partial charge in [0.2, 0.25) is 0 Å². The Labute approximate surface area is 289 Å². The molecular formula is C41H48O8. The molecule has 0 radical (unpaired) electrons. The molecule has 0 atom stereocenters. The molecule has 5 rings (SSSR count). The van der Waals surface area contributed by atoms with E-state index in [0.29, 0.717) is 29.2 Å². The SMILES string of the molecule is CC.CC.CC.CCCOc1ccc(-c2ccc(C(=O)O)c(Oc3ccccc3)c2)cc1.O=C(O)c1ccc(O)c(-c2ccc(O)cc2)c1. The zero-order valence-corrected chi connectivity index (χ0v) is 29.3. The standard InChI is InChI=1S/C22H20O4.C13H10O4.3C2H6/c1-2-14-25-18-11-8-16(9-12-18)17-10-13-20(22(23)24)21(15-17)26-19-6-4-3-5-7-19;14-10-4-1-8(2-5-10)11-7-9(13(16)17)3-6-12(11)15;3*1-2/h3-13,15H,2,14H2,1H3,(H,23,24);1-7,14-15H,(H,16,17);3*1-2H3. The Hall–Kier alpha value is -5.76. The zero-order valence-electron chi connectivity index (χ0n) is 29.3. The summed E-state index contributed by atoms with van der Waals surface area (Å²) >= 11 is 0. The Kier molecular flexibility index (Phi) is 19.1. The summed E-state index contributed by atoms with van der Waals surface area (Å²) in [6.07, 6.45) is 0.957. The van der Waals surface area contributed by atoms with Gasteiger partial charge in [0.05, 0.1) is 12.2 Å². The molecule has 0 saturated carbocycles. The summed E-state index contributed by atoms with van der Waals surface area (Å²) in [6.45, 7) is 14.7. The summed E-state index contributed by atoms with van der Waals surface area (Å²) < 4.78 is 11.4. The minimum atomic E-state index is -1.05. The molecule has 0 heterocycles. The first-order chi connectivity index (χ1) is 23.7. The second kappa shape index (κ2) is 22.7. The molecule has 0 spiro atoms. The number of phenols is 2. The van der Waals surface area contributed by atoms with E-state index in [1.54, 1.807) is 42.5 Å². The molecule has 0 aliphatic heterocycles. The number of carbonyl (C=O) groups is 2. The first-order valence-electron chi connectivity index (χ1n) is 16.4. The number of hydrogen-bond acceptors (Lipinski definition) is 6. The molecular weight excluding hydrogens is 620 g/mol. The summed E-state index contributed by atoms with van der Waals surface area (Å²) in [4.78, 5) is 22.3. The van der Waals surface area contributed by atoms with Crippen LogP contribution in [0.3, 0.4) is 0 Å². The summed E-state index contributed by atoms with van der Waals surface area (Å²) in [5.74, 6) is -0.236. The van der Waals surface area contributed by atoms with Gasteiger partial charge in [-0.15, -0.1) is 0 Å². The molecule has 8 heteroatoms. The molecule has 0 aliphatic carbocycles. The molecule has 0 unspecified atom stereocenters. The van der Waals surface area contributed by atoms with Crippen LogP contribution in [0.4, 0.5) is 0 Å². The number of aromatic hydroxyl groups is 2. The maximum absolute atomic E-state index is 11.5. The van der Waals surface area contributed by atoms with Gasteiger partial charge < -0.3 is 29.9 Å². The minimum Gasteiger partial charge on any atom is -0.508 e. The normalized spacial score (nSPS) is 9.37. The maximum Gasteiger partial charge on any atom is 0.339 e. The van der Waals surface area contributed by atoms with E-state index in [-0.39, 0.29) is 22.6 Å². The Balaban J connectivity index is 0.000000452. The van der Waals surface area contributed by atoms with Gasteiger partial charge in [0.1, 0.15) is 34.3 Å². The number of ether oxygens (including phenoxy) is 2. The summed E-state index contributed by atoms with van der Waals surface area (Å²) in [5.41, 5.74) is 3.13. The Morgan fingerprint density at radius 1 is 0.592 bits per heavy atom. The first-order valence-corrected chi connectivity index (χ1v) is 16.4. The van der Waals surface area contributed by atoms with Gasteiger partial charge in [-0.1, -0.05) is 97.0 Å². The van der Waals surface area contributed by atoms with Crippen LogP contribution in [-0.2, 0) is 0 Å². The van der Waals surface area contributed by atoms with Crippen molar-refractivity contribution in [2.24, 2.45) is 0 Å². The van der Waals surface area contributed by atoms with E-state index < -0.39 is 11.9 Å². The van der Waals surface area contributed by atoms with Crippen LogP contribution in [-0.4, -0.2) is 39.0 Å². The van der Waals surface area contributed by atoms with Crippen molar-refractivity contribution in [3.63, 3.8) is 0 Å². The second-order valence-electron chi connectivity index (χ2n) is 9.39. The molecule has 5 aromatic carbocycles. The molecule has 0 aliphatic rings. The molecule has 0 saturated heterocycles. The fraction of sp³-hybridized carbons (Fsp3) is 0.220. The fourth-order valence-electron chi connectivity index (χ4n) is 4.08. The van der Waals surface area contributed by atoms with Crippen LogP contribution in [0, 0.1) is 0 Å². The van der Waals surface area contributed by atoms with Crippen LogP contribution in [0.1, 0.15) is 75.6 Å². The highest BCUT2D eigenvalue weighted by Gasteiger charge is 2.14. The first kappa shape index (κ1) is 41.3. The second-order valence-corrected chi connectivity index (χ2v) is 9.39. The van der Waals surface area contributed by atoms with Gasteiger partial charge in [-0.2, -0.15) is 0 Å². The predicted octanol–water partition coefficient (Wildman–Crippen LogP) is 11.2. The molecule has 49 heavy (non-hydrogen) atoms. The topological polar surface area (TPSA) is 134 Å². The molecule has 0 amide bonds. The van der Waals surface area contributed by atoms with Crippen LogP contribution in [0.25, 0.3) is 22.3 Å². The summed E-state index contributed by atoms with van der Waals surface area (Å²) in [6, 6.07) is 32.2. The lowest BCUT2D eigenvalue weighted by Crippen LogP contribution is -2.00. The number of phenolic OH excluding ortho intramolecular Hbond substituents is 2. The van der Waals surface area contributed by atoms with Gasteiger partial charge in [-0.25, -0.2) is 9.59 Å². The number of rotatable bonds is 9. The number of aromatic carboxylic acids is 2. The molecule has 4 N–H and O–H groups in total. The van der Waals surface area contributed by atoms with E-state index in [2.05, 4.69) is 6.92 Å². The quantitative estimate of drug-likeness (QED) is 0.122.